The van der Waals surface area contributed by atoms with Crippen LogP contribution in [0.5, 0.6) is 0 Å². The van der Waals surface area contributed by atoms with E-state index in [0.29, 0.717) is 19.0 Å². The number of carbonyl (C=O) groups is 1. The first-order valence-corrected chi connectivity index (χ1v) is 5.24. The average Bonchev–Trinajstić information content (AvgIpc) is 2.64. The van der Waals surface area contributed by atoms with Crippen LogP contribution in [0, 0.1) is 12.8 Å². The van der Waals surface area contributed by atoms with Crippen LogP contribution < -0.4 is 11.1 Å². The molecule has 0 aromatic carbocycles. The maximum Gasteiger partial charge on any atom is 0.232 e. The van der Waals surface area contributed by atoms with Gasteiger partial charge < -0.3 is 15.8 Å². The largest absolute Gasteiger partial charge is 0.379 e. The minimum Gasteiger partial charge on any atom is -0.379 e. The Morgan fingerprint density at radius 1 is 1.56 bits per heavy atom. The van der Waals surface area contributed by atoms with Crippen molar-refractivity contribution in [3.05, 3.63) is 23.9 Å². The number of nitrogens with two attached hydrogens (primary N) is 1. The molecule has 2 rings (SSSR count). The van der Waals surface area contributed by atoms with Crippen molar-refractivity contribution in [1.29, 1.82) is 0 Å². The zero-order valence-corrected chi connectivity index (χ0v) is 9.14. The summed E-state index contributed by atoms with van der Waals surface area (Å²) in [7, 11) is 0. The van der Waals surface area contributed by atoms with Crippen LogP contribution in [0.15, 0.2) is 18.2 Å². The number of nitrogens with one attached hydrogen (secondary N) is 1. The SMILES string of the molecule is Cc1cccc(NC(=O)C2COCC2N)n1. The van der Waals surface area contributed by atoms with Gasteiger partial charge in [-0.25, -0.2) is 4.98 Å². The molecule has 3 N–H and O–H groups in total. The fourth-order valence-corrected chi connectivity index (χ4v) is 1.67. The van der Waals surface area contributed by atoms with Gasteiger partial charge in [0.15, 0.2) is 0 Å². The van der Waals surface area contributed by atoms with Gasteiger partial charge in [-0.15, -0.1) is 0 Å². The van der Waals surface area contributed by atoms with Crippen LogP contribution in [0.25, 0.3) is 0 Å². The fraction of sp³-hybridized carbons (Fsp3) is 0.455. The molecule has 0 spiro atoms. The number of nitrogens with zero attached hydrogens (tertiary/aromatic N) is 1. The number of carbonyl (C=O) groups excluding carboxylic acids is 1. The van der Waals surface area contributed by atoms with Crippen LogP contribution in [-0.4, -0.2) is 30.1 Å². The first-order valence-electron chi connectivity index (χ1n) is 5.24. The highest BCUT2D eigenvalue weighted by Crippen LogP contribution is 2.14. The molecule has 86 valence electrons. The van der Waals surface area contributed by atoms with Crippen molar-refractivity contribution < 1.29 is 9.53 Å². The Kier molecular flexibility index (Phi) is 3.17. The fourth-order valence-electron chi connectivity index (χ4n) is 1.67. The number of hydrogen-bond donors (Lipinski definition) is 2. The Balaban J connectivity index is 2.02. The first kappa shape index (κ1) is 11.0. The molecule has 1 aliphatic heterocycles. The lowest BCUT2D eigenvalue weighted by Crippen LogP contribution is -2.37. The van der Waals surface area contributed by atoms with Gasteiger partial charge in [-0.3, -0.25) is 4.79 Å². The van der Waals surface area contributed by atoms with Crippen molar-refractivity contribution in [2.75, 3.05) is 18.5 Å². The standard InChI is InChI=1S/C11H15N3O2/c1-7-3-2-4-10(13-7)14-11(15)8-5-16-6-9(8)12/h2-4,8-9H,5-6,12H2,1H3,(H,13,14,15). The second-order valence-electron chi connectivity index (χ2n) is 3.96. The van der Waals surface area contributed by atoms with E-state index in [1.54, 1.807) is 6.07 Å². The molecule has 2 unspecified atom stereocenters. The van der Waals surface area contributed by atoms with E-state index in [0.717, 1.165) is 5.69 Å². The van der Waals surface area contributed by atoms with E-state index in [-0.39, 0.29) is 17.9 Å². The quantitative estimate of drug-likeness (QED) is 0.753. The Hall–Kier alpha value is -1.46. The summed E-state index contributed by atoms with van der Waals surface area (Å²) in [6.45, 7) is 2.71. The summed E-state index contributed by atoms with van der Waals surface area (Å²) >= 11 is 0. The third kappa shape index (κ3) is 2.37. The molecule has 0 aliphatic carbocycles. The summed E-state index contributed by atoms with van der Waals surface area (Å²) in [4.78, 5) is 16.0. The highest BCUT2D eigenvalue weighted by molar-refractivity contribution is 5.92. The Labute approximate surface area is 94.0 Å². The van der Waals surface area contributed by atoms with E-state index in [4.69, 9.17) is 10.5 Å². The topological polar surface area (TPSA) is 77.2 Å². The third-order valence-electron chi connectivity index (χ3n) is 2.60. The van der Waals surface area contributed by atoms with Gasteiger partial charge in [-0.05, 0) is 19.1 Å². The second kappa shape index (κ2) is 4.59. The first-order chi connectivity index (χ1) is 7.66. The predicted octanol–water partition coefficient (Wildman–Crippen LogP) is 0.302. The number of ether oxygens (including phenoxy) is 1. The van der Waals surface area contributed by atoms with Gasteiger partial charge >= 0.3 is 0 Å². The van der Waals surface area contributed by atoms with Gasteiger partial charge in [0.05, 0.1) is 19.1 Å². The van der Waals surface area contributed by atoms with Gasteiger partial charge in [-0.2, -0.15) is 0 Å². The maximum atomic E-state index is 11.8. The van der Waals surface area contributed by atoms with Gasteiger partial charge in [0.1, 0.15) is 5.82 Å². The monoisotopic (exact) mass is 221 g/mol. The number of anilines is 1. The molecule has 2 heterocycles. The summed E-state index contributed by atoms with van der Waals surface area (Å²) in [6, 6.07) is 5.26. The van der Waals surface area contributed by atoms with E-state index in [9.17, 15) is 4.79 Å². The van der Waals surface area contributed by atoms with E-state index in [1.165, 1.54) is 0 Å². The molecule has 1 fully saturated rings. The average molecular weight is 221 g/mol. The van der Waals surface area contributed by atoms with E-state index in [2.05, 4.69) is 10.3 Å². The minimum absolute atomic E-state index is 0.122. The summed E-state index contributed by atoms with van der Waals surface area (Å²) < 4.78 is 5.15. The maximum absolute atomic E-state index is 11.8. The van der Waals surface area contributed by atoms with Crippen molar-refractivity contribution in [3.63, 3.8) is 0 Å². The third-order valence-corrected chi connectivity index (χ3v) is 2.60. The predicted molar refractivity (Wildman–Crippen MR) is 59.9 cm³/mol. The molecule has 0 bridgehead atoms. The van der Waals surface area contributed by atoms with E-state index in [1.807, 2.05) is 19.1 Å². The Morgan fingerprint density at radius 2 is 2.38 bits per heavy atom. The number of pyridine rings is 1. The highest BCUT2D eigenvalue weighted by atomic mass is 16.5. The molecule has 0 radical (unpaired) electrons. The van der Waals surface area contributed by atoms with Gasteiger partial charge in [0.2, 0.25) is 5.91 Å². The molecular formula is C11H15N3O2. The van der Waals surface area contributed by atoms with Crippen LogP contribution >= 0.6 is 0 Å². The second-order valence-corrected chi connectivity index (χ2v) is 3.96. The number of rotatable bonds is 2. The van der Waals surface area contributed by atoms with Crippen molar-refractivity contribution in [1.82, 2.24) is 4.98 Å². The van der Waals surface area contributed by atoms with Crippen LogP contribution in [0.2, 0.25) is 0 Å². The number of aryl methyl sites for hydroxylation is 1. The molecule has 1 aromatic heterocycles. The van der Waals surface area contributed by atoms with E-state index < -0.39 is 0 Å². The summed E-state index contributed by atoms with van der Waals surface area (Å²) in [5.41, 5.74) is 6.62. The summed E-state index contributed by atoms with van der Waals surface area (Å²) in [6.07, 6.45) is 0. The molecule has 16 heavy (non-hydrogen) atoms. The molecule has 1 aliphatic rings. The van der Waals surface area contributed by atoms with Crippen molar-refractivity contribution in [2.24, 2.45) is 11.7 Å². The minimum atomic E-state index is -0.276. The smallest absolute Gasteiger partial charge is 0.232 e. The molecule has 5 nitrogen and oxygen atoms in total. The normalized spacial score (nSPS) is 24.4. The highest BCUT2D eigenvalue weighted by Gasteiger charge is 2.31. The summed E-state index contributed by atoms with van der Waals surface area (Å²) in [5, 5.41) is 2.75. The van der Waals surface area contributed by atoms with Gasteiger partial charge in [0.25, 0.3) is 0 Å². The molecule has 1 aromatic rings. The molecule has 1 saturated heterocycles. The van der Waals surface area contributed by atoms with Crippen molar-refractivity contribution >= 4 is 11.7 Å². The molecular weight excluding hydrogens is 206 g/mol. The van der Waals surface area contributed by atoms with Crippen molar-refractivity contribution in [3.8, 4) is 0 Å². The molecule has 5 heteroatoms. The summed E-state index contributed by atoms with van der Waals surface area (Å²) in [5.74, 6) is 0.162. The van der Waals surface area contributed by atoms with Gasteiger partial charge in [0, 0.05) is 11.7 Å². The van der Waals surface area contributed by atoms with Crippen LogP contribution in [-0.2, 0) is 9.53 Å². The lowest BCUT2D eigenvalue weighted by atomic mass is 10.0. The Morgan fingerprint density at radius 3 is 3.00 bits per heavy atom. The van der Waals surface area contributed by atoms with Crippen LogP contribution in [0.4, 0.5) is 5.82 Å². The molecule has 2 atom stereocenters. The number of hydrogen-bond acceptors (Lipinski definition) is 4. The lowest BCUT2D eigenvalue weighted by molar-refractivity contribution is -0.120. The Bertz CT molecular complexity index is 395. The number of amides is 1. The number of aromatic nitrogens is 1. The van der Waals surface area contributed by atoms with Crippen LogP contribution in [0.3, 0.4) is 0 Å². The lowest BCUT2D eigenvalue weighted by Gasteiger charge is -2.12. The van der Waals surface area contributed by atoms with E-state index >= 15 is 0 Å². The zero-order valence-electron chi connectivity index (χ0n) is 9.14. The van der Waals surface area contributed by atoms with Crippen molar-refractivity contribution in [2.45, 2.75) is 13.0 Å². The molecule has 0 saturated carbocycles. The zero-order chi connectivity index (χ0) is 11.5. The van der Waals surface area contributed by atoms with Gasteiger partial charge in [-0.1, -0.05) is 6.07 Å². The molecule has 1 amide bonds. The van der Waals surface area contributed by atoms with Crippen LogP contribution in [0.1, 0.15) is 5.69 Å².